The Morgan fingerprint density at radius 1 is 1.41 bits per heavy atom. The number of aromatic nitrogens is 1. The summed E-state index contributed by atoms with van der Waals surface area (Å²) < 4.78 is 11.8. The molecule has 1 aromatic heterocycles. The third kappa shape index (κ3) is 3.86. The first-order valence-electron chi connectivity index (χ1n) is 8.49. The van der Waals surface area contributed by atoms with Gasteiger partial charge in [0, 0.05) is 18.4 Å². The Morgan fingerprint density at radius 2 is 2.23 bits per heavy atom. The zero-order chi connectivity index (χ0) is 15.4. The van der Waals surface area contributed by atoms with E-state index in [1.165, 1.54) is 25.9 Å². The van der Waals surface area contributed by atoms with Crippen molar-refractivity contribution in [1.82, 2.24) is 9.88 Å². The summed E-state index contributed by atoms with van der Waals surface area (Å²) in [5.74, 6) is 0. The van der Waals surface area contributed by atoms with E-state index in [9.17, 15) is 0 Å². The lowest BCUT2D eigenvalue weighted by Crippen LogP contribution is -2.43. The van der Waals surface area contributed by atoms with Gasteiger partial charge in [-0.2, -0.15) is 0 Å². The second-order valence-corrected chi connectivity index (χ2v) is 7.14. The Labute approximate surface area is 133 Å². The average Bonchev–Trinajstić information content (AvgIpc) is 2.92. The number of nitrogens with zero attached hydrogens (tertiary/aromatic N) is 2. The predicted octanol–water partition coefficient (Wildman–Crippen LogP) is 2.88. The Balaban J connectivity index is 1.41. The maximum absolute atomic E-state index is 6.02. The summed E-state index contributed by atoms with van der Waals surface area (Å²) in [5, 5.41) is 0. The van der Waals surface area contributed by atoms with Crippen molar-refractivity contribution in [3.05, 3.63) is 30.1 Å². The monoisotopic (exact) mass is 304 g/mol. The van der Waals surface area contributed by atoms with Crippen molar-refractivity contribution in [2.45, 2.75) is 51.9 Å². The molecule has 0 aromatic carbocycles. The van der Waals surface area contributed by atoms with E-state index < -0.39 is 0 Å². The molecule has 122 valence electrons. The molecule has 4 heteroatoms. The zero-order valence-corrected chi connectivity index (χ0v) is 13.8. The summed E-state index contributed by atoms with van der Waals surface area (Å²) in [6.07, 6.45) is 7.61. The normalized spacial score (nSPS) is 25.1. The van der Waals surface area contributed by atoms with Crippen LogP contribution in [0.5, 0.6) is 0 Å². The van der Waals surface area contributed by atoms with E-state index in [1.54, 1.807) is 6.20 Å². The fraction of sp³-hybridized carbons (Fsp3) is 0.722. The van der Waals surface area contributed by atoms with E-state index in [4.69, 9.17) is 9.47 Å². The predicted molar refractivity (Wildman–Crippen MR) is 86.6 cm³/mol. The number of hydrogen-bond acceptors (Lipinski definition) is 4. The minimum absolute atomic E-state index is 0.266. The molecular formula is C18H28N2O2. The summed E-state index contributed by atoms with van der Waals surface area (Å²) in [7, 11) is 0. The highest BCUT2D eigenvalue weighted by Crippen LogP contribution is 2.42. The molecule has 0 aliphatic carbocycles. The Kier molecular flexibility index (Phi) is 5.11. The van der Waals surface area contributed by atoms with Gasteiger partial charge in [-0.05, 0) is 63.2 Å². The lowest BCUT2D eigenvalue weighted by molar-refractivity contribution is 0.00584. The molecule has 0 unspecified atom stereocenters. The van der Waals surface area contributed by atoms with Crippen LogP contribution in [0.3, 0.4) is 0 Å². The molecule has 0 amide bonds. The van der Waals surface area contributed by atoms with Gasteiger partial charge in [0.25, 0.3) is 0 Å². The van der Waals surface area contributed by atoms with Crippen molar-refractivity contribution in [3.8, 4) is 0 Å². The minimum atomic E-state index is 0.266. The molecule has 0 saturated carbocycles. The summed E-state index contributed by atoms with van der Waals surface area (Å²) in [6.45, 7) is 9.25. The molecule has 0 radical (unpaired) electrons. The van der Waals surface area contributed by atoms with Crippen molar-refractivity contribution in [2.75, 3.05) is 26.3 Å². The highest BCUT2D eigenvalue weighted by atomic mass is 16.5. The van der Waals surface area contributed by atoms with Gasteiger partial charge in [-0.25, -0.2) is 0 Å². The summed E-state index contributed by atoms with van der Waals surface area (Å²) in [5.41, 5.74) is 1.54. The van der Waals surface area contributed by atoms with E-state index in [1.807, 2.05) is 18.3 Å². The first-order valence-corrected chi connectivity index (χ1v) is 8.49. The summed E-state index contributed by atoms with van der Waals surface area (Å²) in [4.78, 5) is 6.69. The van der Waals surface area contributed by atoms with Crippen LogP contribution in [0.2, 0.25) is 0 Å². The van der Waals surface area contributed by atoms with Gasteiger partial charge in [0.2, 0.25) is 0 Å². The molecule has 2 saturated heterocycles. The Morgan fingerprint density at radius 3 is 2.91 bits per heavy atom. The third-order valence-corrected chi connectivity index (χ3v) is 5.17. The van der Waals surface area contributed by atoms with Crippen LogP contribution in [0.25, 0.3) is 0 Å². The average molecular weight is 304 g/mol. The van der Waals surface area contributed by atoms with Crippen LogP contribution in [0.1, 0.15) is 38.7 Å². The Bertz CT molecular complexity index is 455. The lowest BCUT2D eigenvalue weighted by atomic mass is 9.76. The maximum Gasteiger partial charge on any atom is 0.0815 e. The lowest BCUT2D eigenvalue weighted by Gasteiger charge is -2.40. The zero-order valence-electron chi connectivity index (χ0n) is 13.8. The largest absolute Gasteiger partial charge is 0.375 e. The fourth-order valence-electron chi connectivity index (χ4n) is 3.66. The Hall–Kier alpha value is -0.970. The van der Waals surface area contributed by atoms with E-state index in [2.05, 4.69) is 23.7 Å². The molecule has 2 aliphatic rings. The molecule has 2 fully saturated rings. The van der Waals surface area contributed by atoms with Gasteiger partial charge in [0.1, 0.15) is 0 Å². The van der Waals surface area contributed by atoms with Crippen LogP contribution in [0.15, 0.2) is 24.5 Å². The number of likely N-dealkylation sites (tertiary alicyclic amines) is 1. The number of rotatable bonds is 5. The summed E-state index contributed by atoms with van der Waals surface area (Å²) >= 11 is 0. The van der Waals surface area contributed by atoms with Crippen molar-refractivity contribution < 1.29 is 9.47 Å². The van der Waals surface area contributed by atoms with Gasteiger partial charge >= 0.3 is 0 Å². The molecular weight excluding hydrogens is 276 g/mol. The SMILES string of the molecule is CC(C)N1CCC2(CC1)CO[C@@H](COCc1cccnc1)C2. The van der Waals surface area contributed by atoms with Gasteiger partial charge in [-0.3, -0.25) is 4.98 Å². The molecule has 0 bridgehead atoms. The molecule has 1 aromatic rings. The van der Waals surface area contributed by atoms with Crippen LogP contribution in [0, 0.1) is 5.41 Å². The number of piperidine rings is 1. The van der Waals surface area contributed by atoms with Gasteiger partial charge in [-0.1, -0.05) is 6.07 Å². The fourth-order valence-corrected chi connectivity index (χ4v) is 3.66. The minimum Gasteiger partial charge on any atom is -0.375 e. The maximum atomic E-state index is 6.02. The second kappa shape index (κ2) is 7.07. The quantitative estimate of drug-likeness (QED) is 0.838. The van der Waals surface area contributed by atoms with Crippen LogP contribution in [0.4, 0.5) is 0 Å². The van der Waals surface area contributed by atoms with Crippen LogP contribution >= 0.6 is 0 Å². The van der Waals surface area contributed by atoms with E-state index in [0.717, 1.165) is 18.6 Å². The van der Waals surface area contributed by atoms with Crippen molar-refractivity contribution >= 4 is 0 Å². The number of ether oxygens (including phenoxy) is 2. The van der Waals surface area contributed by atoms with Crippen molar-refractivity contribution in [2.24, 2.45) is 5.41 Å². The first kappa shape index (κ1) is 15.9. The molecule has 0 N–H and O–H groups in total. The van der Waals surface area contributed by atoms with Gasteiger partial charge in [-0.15, -0.1) is 0 Å². The smallest absolute Gasteiger partial charge is 0.0815 e. The van der Waals surface area contributed by atoms with E-state index in [0.29, 0.717) is 24.7 Å². The number of hydrogen-bond donors (Lipinski definition) is 0. The molecule has 4 nitrogen and oxygen atoms in total. The highest BCUT2D eigenvalue weighted by molar-refractivity contribution is 5.06. The molecule has 22 heavy (non-hydrogen) atoms. The van der Waals surface area contributed by atoms with Crippen LogP contribution in [-0.2, 0) is 16.1 Å². The molecule has 1 spiro atoms. The first-order chi connectivity index (χ1) is 10.7. The van der Waals surface area contributed by atoms with Crippen LogP contribution < -0.4 is 0 Å². The van der Waals surface area contributed by atoms with E-state index in [-0.39, 0.29) is 6.10 Å². The van der Waals surface area contributed by atoms with E-state index >= 15 is 0 Å². The number of pyridine rings is 1. The second-order valence-electron chi connectivity index (χ2n) is 7.14. The van der Waals surface area contributed by atoms with Gasteiger partial charge in [0.05, 0.1) is 25.9 Å². The summed E-state index contributed by atoms with van der Waals surface area (Å²) in [6, 6.07) is 4.66. The van der Waals surface area contributed by atoms with Crippen molar-refractivity contribution in [1.29, 1.82) is 0 Å². The molecule has 3 heterocycles. The van der Waals surface area contributed by atoms with Crippen molar-refractivity contribution in [3.63, 3.8) is 0 Å². The standard InChI is InChI=1S/C18H28N2O2/c1-15(2)20-8-5-18(6-9-20)10-17(22-14-18)13-21-12-16-4-3-7-19-11-16/h3-4,7,11,15,17H,5-6,8-10,12-14H2,1-2H3/t17-/m1/s1. The molecule has 1 atom stereocenters. The third-order valence-electron chi connectivity index (χ3n) is 5.17. The van der Waals surface area contributed by atoms with Crippen LogP contribution in [-0.4, -0.2) is 48.3 Å². The molecule has 3 rings (SSSR count). The molecule has 2 aliphatic heterocycles. The highest BCUT2D eigenvalue weighted by Gasteiger charge is 2.42. The topological polar surface area (TPSA) is 34.6 Å². The van der Waals surface area contributed by atoms with Gasteiger partial charge in [0.15, 0.2) is 0 Å². The van der Waals surface area contributed by atoms with Gasteiger partial charge < -0.3 is 14.4 Å².